The smallest absolute Gasteiger partial charge is 0.188 e. The lowest BCUT2D eigenvalue weighted by Gasteiger charge is -2.26. The van der Waals surface area contributed by atoms with Gasteiger partial charge in [0.05, 0.1) is 12.1 Å². The summed E-state index contributed by atoms with van der Waals surface area (Å²) in [5, 5.41) is 3.18. The molecule has 2 aliphatic carbocycles. The lowest BCUT2D eigenvalue weighted by Crippen LogP contribution is -2.38. The zero-order chi connectivity index (χ0) is 10.9. The number of ether oxygens (including phenoxy) is 1. The molecule has 0 aliphatic heterocycles. The Morgan fingerprint density at radius 2 is 2.13 bits per heavy atom. The van der Waals surface area contributed by atoms with E-state index in [2.05, 4.69) is 17.2 Å². The van der Waals surface area contributed by atoms with Crippen molar-refractivity contribution in [2.75, 3.05) is 13.7 Å². The molecule has 0 aromatic heterocycles. The second-order valence-electron chi connectivity index (χ2n) is 4.91. The van der Waals surface area contributed by atoms with E-state index in [0.717, 1.165) is 0 Å². The van der Waals surface area contributed by atoms with Crippen molar-refractivity contribution in [3.63, 3.8) is 0 Å². The first-order valence-electron chi connectivity index (χ1n) is 5.75. The van der Waals surface area contributed by atoms with Crippen LogP contribution in [0.3, 0.4) is 0 Å². The Morgan fingerprint density at radius 1 is 1.47 bits per heavy atom. The Morgan fingerprint density at radius 3 is 2.60 bits per heavy atom. The molecular formula is C11H21N3O. The standard InChI is InChI=1S/C11H21N3O/c1-11(15-2,8-3-4-8)7-13-10(12)14-9-5-6-9/h8-9H,3-7H2,1-2H3,(H3,12,13,14). The summed E-state index contributed by atoms with van der Waals surface area (Å²) in [6, 6.07) is 0.573. The van der Waals surface area contributed by atoms with Crippen LogP contribution in [0.4, 0.5) is 0 Å². The second-order valence-corrected chi connectivity index (χ2v) is 4.91. The van der Waals surface area contributed by atoms with Gasteiger partial charge in [-0.3, -0.25) is 4.99 Å². The van der Waals surface area contributed by atoms with E-state index in [9.17, 15) is 0 Å². The summed E-state index contributed by atoms with van der Waals surface area (Å²) in [6.45, 7) is 2.79. The van der Waals surface area contributed by atoms with Gasteiger partial charge in [0.2, 0.25) is 0 Å². The minimum absolute atomic E-state index is 0.115. The van der Waals surface area contributed by atoms with E-state index in [1.165, 1.54) is 25.7 Å². The number of methoxy groups -OCH3 is 1. The van der Waals surface area contributed by atoms with Crippen molar-refractivity contribution in [1.82, 2.24) is 5.32 Å². The summed E-state index contributed by atoms with van der Waals surface area (Å²) < 4.78 is 5.54. The molecule has 4 nitrogen and oxygen atoms in total. The Balaban J connectivity index is 1.82. The number of nitrogens with two attached hydrogens (primary N) is 1. The van der Waals surface area contributed by atoms with Crippen molar-refractivity contribution in [1.29, 1.82) is 0 Å². The topological polar surface area (TPSA) is 59.6 Å². The van der Waals surface area contributed by atoms with Gasteiger partial charge in [0.1, 0.15) is 0 Å². The predicted octanol–water partition coefficient (Wildman–Crippen LogP) is 0.868. The fourth-order valence-electron chi connectivity index (χ4n) is 1.78. The maximum atomic E-state index is 5.78. The largest absolute Gasteiger partial charge is 0.376 e. The first kappa shape index (κ1) is 10.7. The first-order valence-corrected chi connectivity index (χ1v) is 5.75. The van der Waals surface area contributed by atoms with E-state index in [1.54, 1.807) is 7.11 Å². The fraction of sp³-hybridized carbons (Fsp3) is 0.909. The van der Waals surface area contributed by atoms with E-state index >= 15 is 0 Å². The third-order valence-electron chi connectivity index (χ3n) is 3.40. The molecule has 2 fully saturated rings. The zero-order valence-corrected chi connectivity index (χ0v) is 9.62. The molecule has 15 heavy (non-hydrogen) atoms. The van der Waals surface area contributed by atoms with Gasteiger partial charge < -0.3 is 15.8 Å². The van der Waals surface area contributed by atoms with Gasteiger partial charge in [0, 0.05) is 13.2 Å². The van der Waals surface area contributed by atoms with Gasteiger partial charge in [-0.1, -0.05) is 0 Å². The molecule has 0 spiro atoms. The SMILES string of the molecule is COC(C)(CN=C(N)NC1CC1)C1CC1. The monoisotopic (exact) mass is 211 g/mol. The molecule has 86 valence electrons. The van der Waals surface area contributed by atoms with Crippen LogP contribution in [0.2, 0.25) is 0 Å². The highest BCUT2D eigenvalue weighted by atomic mass is 16.5. The second kappa shape index (κ2) is 4.00. The van der Waals surface area contributed by atoms with Gasteiger partial charge in [-0.05, 0) is 38.5 Å². The van der Waals surface area contributed by atoms with Crippen LogP contribution >= 0.6 is 0 Å². The lowest BCUT2D eigenvalue weighted by molar-refractivity contribution is -0.00473. The molecule has 4 heteroatoms. The predicted molar refractivity (Wildman–Crippen MR) is 60.8 cm³/mol. The minimum Gasteiger partial charge on any atom is -0.376 e. The van der Waals surface area contributed by atoms with E-state index in [0.29, 0.717) is 24.5 Å². The summed E-state index contributed by atoms with van der Waals surface area (Å²) in [4.78, 5) is 4.37. The van der Waals surface area contributed by atoms with Gasteiger partial charge >= 0.3 is 0 Å². The van der Waals surface area contributed by atoms with Crippen LogP contribution < -0.4 is 11.1 Å². The summed E-state index contributed by atoms with van der Waals surface area (Å²) in [5.74, 6) is 1.24. The van der Waals surface area contributed by atoms with Crippen LogP contribution in [0.5, 0.6) is 0 Å². The van der Waals surface area contributed by atoms with E-state index in [1.807, 2.05) is 0 Å². The molecule has 2 rings (SSSR count). The molecule has 0 aromatic carbocycles. The quantitative estimate of drug-likeness (QED) is 0.524. The van der Waals surface area contributed by atoms with Crippen molar-refractivity contribution < 1.29 is 4.74 Å². The summed E-state index contributed by atoms with van der Waals surface area (Å²) in [7, 11) is 1.76. The molecule has 0 bridgehead atoms. The van der Waals surface area contributed by atoms with Crippen LogP contribution in [-0.2, 0) is 4.74 Å². The van der Waals surface area contributed by atoms with Crippen molar-refractivity contribution >= 4 is 5.96 Å². The molecular weight excluding hydrogens is 190 g/mol. The average Bonchev–Trinajstić information content (AvgIpc) is 3.03. The van der Waals surface area contributed by atoms with Gasteiger partial charge in [0.15, 0.2) is 5.96 Å². The Hall–Kier alpha value is -0.770. The average molecular weight is 211 g/mol. The number of nitrogens with one attached hydrogen (secondary N) is 1. The van der Waals surface area contributed by atoms with Crippen molar-refractivity contribution in [2.45, 2.75) is 44.2 Å². The molecule has 2 aliphatic rings. The van der Waals surface area contributed by atoms with Crippen LogP contribution in [0.1, 0.15) is 32.6 Å². The highest BCUT2D eigenvalue weighted by Crippen LogP contribution is 2.41. The third-order valence-corrected chi connectivity index (χ3v) is 3.40. The van der Waals surface area contributed by atoms with Gasteiger partial charge in [0.25, 0.3) is 0 Å². The van der Waals surface area contributed by atoms with Crippen molar-refractivity contribution in [2.24, 2.45) is 16.6 Å². The normalized spacial score (nSPS) is 26.1. The summed E-state index contributed by atoms with van der Waals surface area (Å²) in [5.41, 5.74) is 5.67. The van der Waals surface area contributed by atoms with Crippen molar-refractivity contribution in [3.05, 3.63) is 0 Å². The van der Waals surface area contributed by atoms with Crippen LogP contribution in [-0.4, -0.2) is 31.3 Å². The molecule has 0 heterocycles. The Bertz CT molecular complexity index is 259. The number of rotatable bonds is 5. The Kier molecular flexibility index (Phi) is 2.87. The molecule has 1 unspecified atom stereocenters. The zero-order valence-electron chi connectivity index (χ0n) is 9.62. The number of nitrogens with zero attached hydrogens (tertiary/aromatic N) is 1. The number of hydrogen-bond donors (Lipinski definition) is 2. The Labute approximate surface area is 91.3 Å². The third kappa shape index (κ3) is 2.84. The molecule has 3 N–H and O–H groups in total. The maximum absolute atomic E-state index is 5.78. The van der Waals surface area contributed by atoms with Crippen LogP contribution in [0, 0.1) is 5.92 Å². The fourth-order valence-corrected chi connectivity index (χ4v) is 1.78. The van der Waals surface area contributed by atoms with Crippen molar-refractivity contribution in [3.8, 4) is 0 Å². The molecule has 0 saturated heterocycles. The summed E-state index contributed by atoms with van der Waals surface area (Å²) in [6.07, 6.45) is 4.96. The van der Waals surface area contributed by atoms with Gasteiger partial charge in [-0.2, -0.15) is 0 Å². The molecule has 2 saturated carbocycles. The lowest BCUT2D eigenvalue weighted by atomic mass is 10.0. The number of aliphatic imine (C=N–C) groups is 1. The maximum Gasteiger partial charge on any atom is 0.188 e. The van der Waals surface area contributed by atoms with E-state index in [-0.39, 0.29) is 5.60 Å². The van der Waals surface area contributed by atoms with Gasteiger partial charge in [-0.15, -0.1) is 0 Å². The number of guanidine groups is 1. The van der Waals surface area contributed by atoms with Gasteiger partial charge in [-0.25, -0.2) is 0 Å². The van der Waals surface area contributed by atoms with Crippen LogP contribution in [0.15, 0.2) is 4.99 Å². The first-order chi connectivity index (χ1) is 7.14. The molecule has 0 aromatic rings. The van der Waals surface area contributed by atoms with E-state index < -0.39 is 0 Å². The van der Waals surface area contributed by atoms with Crippen LogP contribution in [0.25, 0.3) is 0 Å². The summed E-state index contributed by atoms with van der Waals surface area (Å²) >= 11 is 0. The number of hydrogen-bond acceptors (Lipinski definition) is 2. The van der Waals surface area contributed by atoms with E-state index in [4.69, 9.17) is 10.5 Å². The minimum atomic E-state index is -0.115. The highest BCUT2D eigenvalue weighted by Gasteiger charge is 2.41. The molecule has 1 atom stereocenters. The molecule has 0 amide bonds. The highest BCUT2D eigenvalue weighted by molar-refractivity contribution is 5.78. The molecule has 0 radical (unpaired) electrons.